The molecule has 0 aliphatic rings. The summed E-state index contributed by atoms with van der Waals surface area (Å²) >= 11 is 0. The Hall–Kier alpha value is -2.54. The van der Waals surface area contributed by atoms with Gasteiger partial charge in [0.05, 0.1) is 18.7 Å². The lowest BCUT2D eigenvalue weighted by Crippen LogP contribution is -2.09. The number of anilines is 2. The summed E-state index contributed by atoms with van der Waals surface area (Å²) in [5.74, 6) is 0.337. The second kappa shape index (κ2) is 5.40. The molecule has 0 saturated carbocycles. The van der Waals surface area contributed by atoms with Crippen LogP contribution in [0.5, 0.6) is 5.75 Å². The minimum Gasteiger partial charge on any atom is -0.497 e. The molecule has 0 unspecified atom stereocenters. The molecule has 0 aromatic heterocycles. The molecule has 0 saturated heterocycles. The van der Waals surface area contributed by atoms with E-state index in [2.05, 4.69) is 0 Å². The Balaban J connectivity index is 2.35. The van der Waals surface area contributed by atoms with Gasteiger partial charge >= 0.3 is 0 Å². The van der Waals surface area contributed by atoms with E-state index < -0.39 is 5.82 Å². The summed E-state index contributed by atoms with van der Waals surface area (Å²) in [5.41, 5.74) is 1.81. The van der Waals surface area contributed by atoms with E-state index >= 15 is 0 Å². The van der Waals surface area contributed by atoms with Gasteiger partial charge < -0.3 is 9.64 Å². The first kappa shape index (κ1) is 12.9. The largest absolute Gasteiger partial charge is 0.497 e. The lowest BCUT2D eigenvalue weighted by atomic mass is 10.2. The van der Waals surface area contributed by atoms with Crippen molar-refractivity contribution in [2.75, 3.05) is 19.1 Å². The summed E-state index contributed by atoms with van der Waals surface area (Å²) in [4.78, 5) is 1.81. The maximum absolute atomic E-state index is 13.4. The van der Waals surface area contributed by atoms with Crippen LogP contribution in [0.25, 0.3) is 0 Å². The number of rotatable bonds is 3. The van der Waals surface area contributed by atoms with Crippen molar-refractivity contribution in [1.82, 2.24) is 0 Å². The molecule has 0 spiro atoms. The second-order valence-electron chi connectivity index (χ2n) is 4.07. The Bertz CT molecular complexity index is 617. The Morgan fingerprint density at radius 3 is 2.37 bits per heavy atom. The highest BCUT2D eigenvalue weighted by molar-refractivity contribution is 5.64. The lowest BCUT2D eigenvalue weighted by molar-refractivity contribution is 0.415. The molecule has 0 aliphatic carbocycles. The SMILES string of the molecule is COc1ccc(N(C)c2cc(F)cc(C#N)c2)cc1. The molecule has 19 heavy (non-hydrogen) atoms. The molecule has 0 N–H and O–H groups in total. The first-order valence-electron chi connectivity index (χ1n) is 5.72. The fourth-order valence-electron chi connectivity index (χ4n) is 1.79. The van der Waals surface area contributed by atoms with Gasteiger partial charge in [-0.15, -0.1) is 0 Å². The van der Waals surface area contributed by atoms with Crippen molar-refractivity contribution in [1.29, 1.82) is 5.26 Å². The zero-order chi connectivity index (χ0) is 13.8. The Morgan fingerprint density at radius 2 is 1.79 bits per heavy atom. The average Bonchev–Trinajstić information content (AvgIpc) is 2.46. The van der Waals surface area contributed by atoms with Gasteiger partial charge in [-0.25, -0.2) is 4.39 Å². The third-order valence-electron chi connectivity index (χ3n) is 2.86. The quantitative estimate of drug-likeness (QED) is 0.843. The van der Waals surface area contributed by atoms with E-state index in [9.17, 15) is 4.39 Å². The average molecular weight is 256 g/mol. The Kier molecular flexibility index (Phi) is 3.67. The van der Waals surface area contributed by atoms with Gasteiger partial charge in [-0.05, 0) is 42.5 Å². The van der Waals surface area contributed by atoms with Crippen molar-refractivity contribution in [2.24, 2.45) is 0 Å². The van der Waals surface area contributed by atoms with E-state index in [4.69, 9.17) is 10.00 Å². The number of benzene rings is 2. The minimum absolute atomic E-state index is 0.301. The van der Waals surface area contributed by atoms with Gasteiger partial charge in [-0.2, -0.15) is 5.26 Å². The zero-order valence-corrected chi connectivity index (χ0v) is 10.7. The van der Waals surface area contributed by atoms with Crippen LogP contribution in [0.4, 0.5) is 15.8 Å². The molecule has 0 heterocycles. The normalized spacial score (nSPS) is 9.79. The zero-order valence-electron chi connectivity index (χ0n) is 10.7. The first-order chi connectivity index (χ1) is 9.13. The van der Waals surface area contributed by atoms with Gasteiger partial charge in [0, 0.05) is 18.4 Å². The first-order valence-corrected chi connectivity index (χ1v) is 5.72. The summed E-state index contributed by atoms with van der Waals surface area (Å²) in [6.07, 6.45) is 0. The van der Waals surface area contributed by atoms with Gasteiger partial charge in [0.2, 0.25) is 0 Å². The number of nitriles is 1. The van der Waals surface area contributed by atoms with Crippen LogP contribution in [0.2, 0.25) is 0 Å². The fourth-order valence-corrected chi connectivity index (χ4v) is 1.79. The number of ether oxygens (including phenoxy) is 1. The molecule has 2 aromatic rings. The number of nitrogens with zero attached hydrogens (tertiary/aromatic N) is 2. The monoisotopic (exact) mass is 256 g/mol. The fraction of sp³-hybridized carbons (Fsp3) is 0.133. The van der Waals surface area contributed by atoms with Crippen molar-refractivity contribution >= 4 is 11.4 Å². The van der Waals surface area contributed by atoms with Crippen LogP contribution < -0.4 is 9.64 Å². The second-order valence-corrected chi connectivity index (χ2v) is 4.07. The van der Waals surface area contributed by atoms with E-state index in [0.717, 1.165) is 11.4 Å². The highest BCUT2D eigenvalue weighted by Gasteiger charge is 2.07. The van der Waals surface area contributed by atoms with Gasteiger partial charge in [-0.3, -0.25) is 0 Å². The lowest BCUT2D eigenvalue weighted by Gasteiger charge is -2.20. The van der Waals surface area contributed by atoms with Crippen LogP contribution in [0.3, 0.4) is 0 Å². The molecule has 0 amide bonds. The Morgan fingerprint density at radius 1 is 1.11 bits per heavy atom. The molecule has 96 valence electrons. The van der Waals surface area contributed by atoms with E-state index in [1.54, 1.807) is 13.2 Å². The molecule has 2 rings (SSSR count). The standard InChI is InChI=1S/C15H13FN2O/c1-18(13-3-5-15(19-2)6-4-13)14-8-11(10-17)7-12(16)9-14/h3-9H,1-2H3. The van der Waals surface area contributed by atoms with Gasteiger partial charge in [0.25, 0.3) is 0 Å². The Labute approximate surface area is 111 Å². The molecule has 0 fully saturated rings. The summed E-state index contributed by atoms with van der Waals surface area (Å²) in [6.45, 7) is 0. The maximum Gasteiger partial charge on any atom is 0.126 e. The number of hydrogen-bond donors (Lipinski definition) is 0. The van der Waals surface area contributed by atoms with Gasteiger partial charge in [0.1, 0.15) is 11.6 Å². The number of hydrogen-bond acceptors (Lipinski definition) is 3. The number of halogens is 1. The summed E-state index contributed by atoms with van der Waals surface area (Å²) in [7, 11) is 3.42. The summed E-state index contributed by atoms with van der Waals surface area (Å²) in [5, 5.41) is 8.86. The molecule has 0 aliphatic heterocycles. The molecule has 2 aromatic carbocycles. The van der Waals surface area contributed by atoms with E-state index in [-0.39, 0.29) is 0 Å². The van der Waals surface area contributed by atoms with Crippen molar-refractivity contribution in [3.8, 4) is 11.8 Å². The number of methoxy groups -OCH3 is 1. The van der Waals surface area contributed by atoms with E-state index in [1.807, 2.05) is 42.3 Å². The van der Waals surface area contributed by atoms with Crippen molar-refractivity contribution in [3.05, 3.63) is 53.8 Å². The minimum atomic E-state index is -0.422. The third kappa shape index (κ3) is 2.83. The van der Waals surface area contributed by atoms with Crippen LogP contribution in [-0.4, -0.2) is 14.2 Å². The van der Waals surface area contributed by atoms with Crippen LogP contribution in [0.1, 0.15) is 5.56 Å². The summed E-state index contributed by atoms with van der Waals surface area (Å²) in [6, 6.07) is 13.6. The van der Waals surface area contributed by atoms with Crippen LogP contribution in [-0.2, 0) is 0 Å². The van der Waals surface area contributed by atoms with Crippen LogP contribution in [0.15, 0.2) is 42.5 Å². The molecule has 0 bridgehead atoms. The van der Waals surface area contributed by atoms with Gasteiger partial charge in [0.15, 0.2) is 0 Å². The molecular formula is C15H13FN2O. The predicted octanol–water partition coefficient (Wildman–Crippen LogP) is 3.47. The van der Waals surface area contributed by atoms with Crippen molar-refractivity contribution in [3.63, 3.8) is 0 Å². The smallest absolute Gasteiger partial charge is 0.126 e. The molecule has 0 atom stereocenters. The predicted molar refractivity (Wildman–Crippen MR) is 72.2 cm³/mol. The van der Waals surface area contributed by atoms with E-state index in [0.29, 0.717) is 11.3 Å². The maximum atomic E-state index is 13.4. The highest BCUT2D eigenvalue weighted by Crippen LogP contribution is 2.26. The molecule has 3 nitrogen and oxygen atoms in total. The van der Waals surface area contributed by atoms with Gasteiger partial charge in [-0.1, -0.05) is 0 Å². The molecular weight excluding hydrogens is 243 g/mol. The van der Waals surface area contributed by atoms with Crippen LogP contribution >= 0.6 is 0 Å². The van der Waals surface area contributed by atoms with Crippen molar-refractivity contribution < 1.29 is 9.13 Å². The van der Waals surface area contributed by atoms with Crippen LogP contribution in [0, 0.1) is 17.1 Å². The highest BCUT2D eigenvalue weighted by atomic mass is 19.1. The third-order valence-corrected chi connectivity index (χ3v) is 2.86. The van der Waals surface area contributed by atoms with E-state index in [1.165, 1.54) is 12.1 Å². The topological polar surface area (TPSA) is 36.3 Å². The molecule has 4 heteroatoms. The summed E-state index contributed by atoms with van der Waals surface area (Å²) < 4.78 is 18.5. The van der Waals surface area contributed by atoms with Crippen molar-refractivity contribution in [2.45, 2.75) is 0 Å². The molecule has 0 radical (unpaired) electrons.